The van der Waals surface area contributed by atoms with Gasteiger partial charge < -0.3 is 10.2 Å². The molecule has 4 rings (SSSR count). The third-order valence-electron chi connectivity index (χ3n) is 4.83. The Morgan fingerprint density at radius 1 is 1.23 bits per heavy atom. The van der Waals surface area contributed by atoms with E-state index < -0.39 is 0 Å². The maximum atomic E-state index is 13.1. The van der Waals surface area contributed by atoms with Gasteiger partial charge in [0.25, 0.3) is 5.56 Å². The van der Waals surface area contributed by atoms with Crippen LogP contribution in [0.2, 0.25) is 5.02 Å². The van der Waals surface area contributed by atoms with E-state index >= 15 is 0 Å². The smallest absolute Gasteiger partial charge is 0.262 e. The molecule has 0 spiro atoms. The molecule has 0 saturated heterocycles. The summed E-state index contributed by atoms with van der Waals surface area (Å²) in [7, 11) is 0. The minimum atomic E-state index is -0.243. The molecular formula is C22H21ClN4O3S. The Labute approximate surface area is 188 Å². The second-order valence-electron chi connectivity index (χ2n) is 7.70. The molecule has 0 bridgehead atoms. The summed E-state index contributed by atoms with van der Waals surface area (Å²) in [6.07, 6.45) is 0. The Morgan fingerprint density at radius 2 is 2.00 bits per heavy atom. The molecule has 1 N–H and O–H groups in total. The second-order valence-corrected chi connectivity index (χ2v) is 9.08. The summed E-state index contributed by atoms with van der Waals surface area (Å²) in [5.41, 5.74) is 1.60. The van der Waals surface area contributed by atoms with Gasteiger partial charge in [0, 0.05) is 11.6 Å². The highest BCUT2D eigenvalue weighted by Gasteiger charge is 2.27. The molecule has 1 aromatic heterocycles. The Bertz CT molecular complexity index is 1240. The van der Waals surface area contributed by atoms with Gasteiger partial charge in [0.1, 0.15) is 6.54 Å². The predicted octanol–water partition coefficient (Wildman–Crippen LogP) is 3.78. The van der Waals surface area contributed by atoms with Gasteiger partial charge in [0.2, 0.25) is 11.8 Å². The monoisotopic (exact) mass is 456 g/mol. The molecule has 0 saturated carbocycles. The summed E-state index contributed by atoms with van der Waals surface area (Å²) in [6, 6.07) is 12.2. The number of halogens is 1. The number of anilines is 2. The molecule has 2 aromatic carbocycles. The van der Waals surface area contributed by atoms with Crippen molar-refractivity contribution in [2.24, 2.45) is 5.92 Å². The molecular weight excluding hydrogens is 436 g/mol. The van der Waals surface area contributed by atoms with Gasteiger partial charge in [-0.05, 0) is 36.2 Å². The van der Waals surface area contributed by atoms with Gasteiger partial charge in [-0.2, -0.15) is 0 Å². The average molecular weight is 457 g/mol. The van der Waals surface area contributed by atoms with Crippen LogP contribution in [0.4, 0.5) is 11.4 Å². The van der Waals surface area contributed by atoms with Crippen molar-refractivity contribution in [2.75, 3.05) is 22.5 Å². The van der Waals surface area contributed by atoms with Crippen LogP contribution >= 0.6 is 23.4 Å². The van der Waals surface area contributed by atoms with Crippen molar-refractivity contribution in [1.82, 2.24) is 9.55 Å². The highest BCUT2D eigenvalue weighted by Crippen LogP contribution is 2.30. The number of thioether (sulfide) groups is 1. The minimum absolute atomic E-state index is 0.0399. The molecule has 0 atom stereocenters. The van der Waals surface area contributed by atoms with E-state index in [0.29, 0.717) is 39.0 Å². The van der Waals surface area contributed by atoms with E-state index in [9.17, 15) is 14.4 Å². The quantitative estimate of drug-likeness (QED) is 0.466. The molecule has 2 amide bonds. The molecule has 0 fully saturated rings. The van der Waals surface area contributed by atoms with Gasteiger partial charge in [-0.1, -0.05) is 49.3 Å². The van der Waals surface area contributed by atoms with Gasteiger partial charge in [0.05, 0.1) is 28.0 Å². The lowest BCUT2D eigenvalue weighted by molar-refractivity contribution is -0.120. The molecule has 1 aliphatic rings. The van der Waals surface area contributed by atoms with E-state index in [1.807, 2.05) is 19.9 Å². The Kier molecular flexibility index (Phi) is 6.02. The number of benzene rings is 2. The van der Waals surface area contributed by atoms with E-state index in [1.54, 1.807) is 41.0 Å². The van der Waals surface area contributed by atoms with Crippen molar-refractivity contribution in [1.29, 1.82) is 0 Å². The van der Waals surface area contributed by atoms with E-state index in [-0.39, 0.29) is 35.6 Å². The van der Waals surface area contributed by atoms with Crippen LogP contribution in [0, 0.1) is 5.92 Å². The SMILES string of the molecule is CC(C)Cn1c(SCC(=O)N2CC(=O)Nc3ccccc32)nc2cc(Cl)ccc2c1=O. The maximum Gasteiger partial charge on any atom is 0.262 e. The first-order chi connectivity index (χ1) is 14.8. The van der Waals surface area contributed by atoms with E-state index in [4.69, 9.17) is 11.6 Å². The molecule has 160 valence electrons. The zero-order valence-corrected chi connectivity index (χ0v) is 18.7. The molecule has 31 heavy (non-hydrogen) atoms. The number of rotatable bonds is 5. The van der Waals surface area contributed by atoms with Crippen molar-refractivity contribution in [3.8, 4) is 0 Å². The summed E-state index contributed by atoms with van der Waals surface area (Å²) >= 11 is 7.27. The van der Waals surface area contributed by atoms with Gasteiger partial charge in [-0.15, -0.1) is 0 Å². The number of hydrogen-bond acceptors (Lipinski definition) is 5. The maximum absolute atomic E-state index is 13.1. The van der Waals surface area contributed by atoms with Crippen LogP contribution in [0.5, 0.6) is 0 Å². The van der Waals surface area contributed by atoms with Crippen LogP contribution in [0.15, 0.2) is 52.4 Å². The number of fused-ring (bicyclic) bond motifs is 2. The number of carbonyl (C=O) groups is 2. The number of carbonyl (C=O) groups excluding carboxylic acids is 2. The Balaban J connectivity index is 1.65. The zero-order valence-electron chi connectivity index (χ0n) is 17.1. The van der Waals surface area contributed by atoms with Gasteiger partial charge in [-0.25, -0.2) is 4.98 Å². The first-order valence-corrected chi connectivity index (χ1v) is 11.2. The summed E-state index contributed by atoms with van der Waals surface area (Å²) in [5.74, 6) is -0.217. The van der Waals surface area contributed by atoms with Crippen molar-refractivity contribution >= 4 is 57.5 Å². The molecule has 1 aliphatic heterocycles. The average Bonchev–Trinajstić information content (AvgIpc) is 2.73. The fourth-order valence-electron chi connectivity index (χ4n) is 3.47. The topological polar surface area (TPSA) is 84.3 Å². The standard InChI is InChI=1S/C22H21ClN4O3S/c1-13(2)10-27-21(30)15-8-7-14(23)9-17(15)25-22(27)31-12-20(29)26-11-19(28)24-16-5-3-4-6-18(16)26/h3-9,13H,10-12H2,1-2H3,(H,24,28). The lowest BCUT2D eigenvalue weighted by Gasteiger charge is -2.29. The molecule has 0 aliphatic carbocycles. The molecule has 7 nitrogen and oxygen atoms in total. The van der Waals surface area contributed by atoms with Crippen molar-refractivity contribution in [3.05, 3.63) is 57.8 Å². The van der Waals surface area contributed by atoms with Gasteiger partial charge in [-0.3, -0.25) is 19.0 Å². The molecule has 3 aromatic rings. The molecule has 9 heteroatoms. The number of aromatic nitrogens is 2. The van der Waals surface area contributed by atoms with Gasteiger partial charge in [0.15, 0.2) is 5.16 Å². The van der Waals surface area contributed by atoms with Crippen molar-refractivity contribution in [2.45, 2.75) is 25.5 Å². The summed E-state index contributed by atoms with van der Waals surface area (Å²) in [4.78, 5) is 44.2. The fraction of sp³-hybridized carbons (Fsp3) is 0.273. The van der Waals surface area contributed by atoms with Crippen LogP contribution in [0.3, 0.4) is 0 Å². The van der Waals surface area contributed by atoms with E-state index in [1.165, 1.54) is 16.7 Å². The third kappa shape index (κ3) is 4.45. The van der Waals surface area contributed by atoms with Crippen LogP contribution < -0.4 is 15.8 Å². The molecule has 0 radical (unpaired) electrons. The number of para-hydroxylation sites is 2. The minimum Gasteiger partial charge on any atom is -0.323 e. The first kappa shape index (κ1) is 21.4. The van der Waals surface area contributed by atoms with Crippen LogP contribution in [0.25, 0.3) is 10.9 Å². The third-order valence-corrected chi connectivity index (χ3v) is 6.02. The largest absolute Gasteiger partial charge is 0.323 e. The number of hydrogen-bond donors (Lipinski definition) is 1. The normalized spacial score (nSPS) is 13.4. The number of amides is 2. The highest BCUT2D eigenvalue weighted by molar-refractivity contribution is 7.99. The van der Waals surface area contributed by atoms with Gasteiger partial charge >= 0.3 is 0 Å². The molecule has 0 unspecified atom stereocenters. The lowest BCUT2D eigenvalue weighted by atomic mass is 10.2. The van der Waals surface area contributed by atoms with Crippen LogP contribution in [-0.2, 0) is 16.1 Å². The summed E-state index contributed by atoms with van der Waals surface area (Å²) < 4.78 is 1.61. The predicted molar refractivity (Wildman–Crippen MR) is 124 cm³/mol. The van der Waals surface area contributed by atoms with Crippen LogP contribution in [-0.4, -0.2) is 33.7 Å². The van der Waals surface area contributed by atoms with Crippen molar-refractivity contribution in [3.63, 3.8) is 0 Å². The number of nitrogens with zero attached hydrogens (tertiary/aromatic N) is 3. The summed E-state index contributed by atoms with van der Waals surface area (Å²) in [6.45, 7) is 4.47. The van der Waals surface area contributed by atoms with E-state index in [0.717, 1.165) is 0 Å². The highest BCUT2D eigenvalue weighted by atomic mass is 35.5. The van der Waals surface area contributed by atoms with Crippen molar-refractivity contribution < 1.29 is 9.59 Å². The number of nitrogens with one attached hydrogen (secondary N) is 1. The molecule has 2 heterocycles. The summed E-state index contributed by atoms with van der Waals surface area (Å²) in [5, 5.41) is 4.21. The Hall–Kier alpha value is -2.84. The zero-order chi connectivity index (χ0) is 22.1. The first-order valence-electron chi connectivity index (χ1n) is 9.85. The second kappa shape index (κ2) is 8.72. The fourth-order valence-corrected chi connectivity index (χ4v) is 4.52. The van der Waals surface area contributed by atoms with E-state index in [2.05, 4.69) is 10.3 Å². The Morgan fingerprint density at radius 3 is 2.77 bits per heavy atom. The van der Waals surface area contributed by atoms with Crippen LogP contribution in [0.1, 0.15) is 13.8 Å². The lowest BCUT2D eigenvalue weighted by Crippen LogP contribution is -2.43.